The number of ether oxygens (including phenoxy) is 2. The number of hydrogen-bond acceptors (Lipinski definition) is 7. The van der Waals surface area contributed by atoms with Gasteiger partial charge in [-0.2, -0.15) is 0 Å². The van der Waals surface area contributed by atoms with Crippen LogP contribution in [0.25, 0.3) is 0 Å². The summed E-state index contributed by atoms with van der Waals surface area (Å²) in [6.07, 6.45) is 0.0512. The molecule has 3 aromatic rings. The summed E-state index contributed by atoms with van der Waals surface area (Å²) in [6.45, 7) is 5.63. The Morgan fingerprint density at radius 1 is 1.08 bits per heavy atom. The van der Waals surface area contributed by atoms with E-state index in [2.05, 4.69) is 14.9 Å². The number of thioether (sulfide) groups is 1. The highest BCUT2D eigenvalue weighted by atomic mass is 35.5. The van der Waals surface area contributed by atoms with Gasteiger partial charge in [0.2, 0.25) is 12.7 Å². The smallest absolute Gasteiger partial charge is 0.255 e. The van der Waals surface area contributed by atoms with Gasteiger partial charge in [0.25, 0.3) is 5.56 Å². The number of carbonyl (C=O) groups excluding carboxylic acids is 1. The van der Waals surface area contributed by atoms with Gasteiger partial charge in [0.05, 0.1) is 6.42 Å². The number of carbonyl (C=O) groups is 1. The number of H-pyrrole nitrogens is 1. The van der Waals surface area contributed by atoms with Crippen molar-refractivity contribution < 1.29 is 14.3 Å². The molecule has 0 unspecified atom stereocenters. The molecule has 2 aliphatic rings. The van der Waals surface area contributed by atoms with E-state index in [1.54, 1.807) is 6.92 Å². The Bertz CT molecular complexity index is 1320. The maximum atomic E-state index is 13.0. The van der Waals surface area contributed by atoms with Crippen LogP contribution in [0, 0.1) is 6.92 Å². The molecule has 0 saturated carbocycles. The molecule has 0 atom stereocenters. The Kier molecular flexibility index (Phi) is 7.50. The van der Waals surface area contributed by atoms with Gasteiger partial charge < -0.3 is 19.4 Å². The lowest BCUT2D eigenvalue weighted by Crippen LogP contribution is -2.49. The van der Waals surface area contributed by atoms with Gasteiger partial charge >= 0.3 is 0 Å². The molecular formula is C26H27ClN4O4S. The van der Waals surface area contributed by atoms with Gasteiger partial charge in [-0.05, 0) is 42.3 Å². The van der Waals surface area contributed by atoms with Crippen LogP contribution in [0.3, 0.4) is 0 Å². The highest BCUT2D eigenvalue weighted by Gasteiger charge is 2.24. The van der Waals surface area contributed by atoms with Crippen molar-refractivity contribution in [3.63, 3.8) is 0 Å². The first-order valence-electron chi connectivity index (χ1n) is 11.8. The van der Waals surface area contributed by atoms with Crippen LogP contribution in [-0.4, -0.2) is 58.6 Å². The van der Waals surface area contributed by atoms with E-state index in [1.807, 2.05) is 47.4 Å². The minimum absolute atomic E-state index is 0.0486. The lowest BCUT2D eigenvalue weighted by molar-refractivity contribution is -0.132. The van der Waals surface area contributed by atoms with Gasteiger partial charge in [-0.3, -0.25) is 14.5 Å². The molecule has 3 heterocycles. The van der Waals surface area contributed by atoms with Crippen LogP contribution >= 0.6 is 23.4 Å². The van der Waals surface area contributed by atoms with E-state index in [-0.39, 0.29) is 24.7 Å². The molecule has 2 aliphatic heterocycles. The number of piperazine rings is 1. The standard InChI is InChI=1S/C26H27ClN4O4S/c1-17-21(25(33)29-26(28-17)36-15-19-3-2-4-20(27)11-19)13-24(32)31-9-7-30(8-10-31)14-18-5-6-22-23(12-18)35-16-34-22/h2-6,11-12H,7-10,13-16H2,1H3,(H,28,29,33). The van der Waals surface area contributed by atoms with Crippen LogP contribution < -0.4 is 15.0 Å². The number of hydrogen-bond donors (Lipinski definition) is 1. The zero-order chi connectivity index (χ0) is 25.1. The largest absolute Gasteiger partial charge is 0.454 e. The van der Waals surface area contributed by atoms with Gasteiger partial charge in [-0.25, -0.2) is 4.98 Å². The molecule has 0 bridgehead atoms. The number of nitrogens with one attached hydrogen (secondary N) is 1. The second-order valence-corrected chi connectivity index (χ2v) is 10.3. The number of aromatic nitrogens is 2. The predicted molar refractivity (Wildman–Crippen MR) is 139 cm³/mol. The van der Waals surface area contributed by atoms with Crippen molar-refractivity contribution in [2.75, 3.05) is 33.0 Å². The minimum atomic E-state index is -0.258. The topological polar surface area (TPSA) is 87.8 Å². The third-order valence-corrected chi connectivity index (χ3v) is 7.54. The molecule has 8 nitrogen and oxygen atoms in total. The third-order valence-electron chi connectivity index (χ3n) is 6.36. The number of aryl methyl sites for hydroxylation is 1. The molecule has 1 aromatic heterocycles. The van der Waals surface area contributed by atoms with Crippen molar-refractivity contribution in [3.05, 3.63) is 80.2 Å². The summed E-state index contributed by atoms with van der Waals surface area (Å²) in [5, 5.41) is 1.21. The van der Waals surface area contributed by atoms with E-state index < -0.39 is 0 Å². The van der Waals surface area contributed by atoms with Gasteiger partial charge in [-0.15, -0.1) is 0 Å². The van der Waals surface area contributed by atoms with E-state index in [9.17, 15) is 9.59 Å². The molecule has 1 N–H and O–H groups in total. The number of nitrogens with zero attached hydrogens (tertiary/aromatic N) is 3. The fourth-order valence-corrected chi connectivity index (χ4v) is 5.42. The SMILES string of the molecule is Cc1nc(SCc2cccc(Cl)c2)[nH]c(=O)c1CC(=O)N1CCN(Cc2ccc3c(c2)OCO3)CC1. The highest BCUT2D eigenvalue weighted by Crippen LogP contribution is 2.33. The lowest BCUT2D eigenvalue weighted by Gasteiger charge is -2.34. The summed E-state index contributed by atoms with van der Waals surface area (Å²) < 4.78 is 10.8. The van der Waals surface area contributed by atoms with Crippen molar-refractivity contribution in [2.45, 2.75) is 30.8 Å². The number of halogens is 1. The first kappa shape index (κ1) is 24.7. The molecule has 2 aromatic carbocycles. The second-order valence-electron chi connectivity index (χ2n) is 8.87. The summed E-state index contributed by atoms with van der Waals surface area (Å²) in [6, 6.07) is 13.6. The molecule has 0 radical (unpaired) electrons. The molecule has 10 heteroatoms. The maximum Gasteiger partial charge on any atom is 0.255 e. The summed E-state index contributed by atoms with van der Waals surface area (Å²) in [7, 11) is 0. The molecule has 1 saturated heterocycles. The van der Waals surface area contributed by atoms with Crippen molar-refractivity contribution in [2.24, 2.45) is 0 Å². The molecule has 1 fully saturated rings. The van der Waals surface area contributed by atoms with Crippen LogP contribution in [0.2, 0.25) is 5.02 Å². The number of aromatic amines is 1. The average Bonchev–Trinajstić information content (AvgIpc) is 3.33. The first-order chi connectivity index (χ1) is 17.4. The molecule has 0 spiro atoms. The Hall–Kier alpha value is -3.01. The van der Waals surface area contributed by atoms with Crippen LogP contribution in [0.5, 0.6) is 11.5 Å². The van der Waals surface area contributed by atoms with E-state index in [1.165, 1.54) is 11.8 Å². The third kappa shape index (κ3) is 5.86. The Balaban J connectivity index is 1.14. The molecule has 1 amide bonds. The maximum absolute atomic E-state index is 13.0. The summed E-state index contributed by atoms with van der Waals surface area (Å²) in [4.78, 5) is 37.2. The van der Waals surface area contributed by atoms with E-state index >= 15 is 0 Å². The van der Waals surface area contributed by atoms with E-state index in [4.69, 9.17) is 21.1 Å². The zero-order valence-electron chi connectivity index (χ0n) is 20.0. The molecule has 0 aliphatic carbocycles. The van der Waals surface area contributed by atoms with E-state index in [0.29, 0.717) is 40.3 Å². The van der Waals surface area contributed by atoms with Crippen LogP contribution in [0.4, 0.5) is 0 Å². The Morgan fingerprint density at radius 2 is 1.89 bits per heavy atom. The molecule has 36 heavy (non-hydrogen) atoms. The van der Waals surface area contributed by atoms with E-state index in [0.717, 1.165) is 42.3 Å². The molecular weight excluding hydrogens is 500 g/mol. The van der Waals surface area contributed by atoms with Crippen LogP contribution in [0.1, 0.15) is 22.4 Å². The summed E-state index contributed by atoms with van der Waals surface area (Å²) in [5.41, 5.74) is 2.95. The number of fused-ring (bicyclic) bond motifs is 1. The van der Waals surface area contributed by atoms with Crippen molar-refractivity contribution >= 4 is 29.3 Å². The van der Waals surface area contributed by atoms with Crippen LogP contribution in [0.15, 0.2) is 52.4 Å². The molecule has 188 valence electrons. The minimum Gasteiger partial charge on any atom is -0.454 e. The summed E-state index contributed by atoms with van der Waals surface area (Å²) >= 11 is 7.48. The second kappa shape index (κ2) is 10.9. The highest BCUT2D eigenvalue weighted by molar-refractivity contribution is 7.98. The average molecular weight is 527 g/mol. The number of amides is 1. The fraction of sp³-hybridized carbons (Fsp3) is 0.346. The normalized spacial score (nSPS) is 15.3. The predicted octanol–water partition coefficient (Wildman–Crippen LogP) is 3.64. The lowest BCUT2D eigenvalue weighted by atomic mass is 10.1. The van der Waals surface area contributed by atoms with Crippen LogP contribution in [-0.2, 0) is 23.5 Å². The summed E-state index contributed by atoms with van der Waals surface area (Å²) in [5.74, 6) is 2.15. The Labute approximate surface area is 218 Å². The van der Waals surface area contributed by atoms with Gasteiger partial charge in [-0.1, -0.05) is 41.6 Å². The van der Waals surface area contributed by atoms with Gasteiger partial charge in [0.1, 0.15) is 0 Å². The monoisotopic (exact) mass is 526 g/mol. The molecule has 5 rings (SSSR count). The fourth-order valence-electron chi connectivity index (χ4n) is 4.36. The first-order valence-corrected chi connectivity index (χ1v) is 13.2. The van der Waals surface area contributed by atoms with Gasteiger partial charge in [0, 0.05) is 54.8 Å². The Morgan fingerprint density at radius 3 is 2.67 bits per heavy atom. The zero-order valence-corrected chi connectivity index (χ0v) is 21.5. The van der Waals surface area contributed by atoms with Crippen molar-refractivity contribution in [3.8, 4) is 11.5 Å². The number of rotatable bonds is 7. The number of benzene rings is 2. The van der Waals surface area contributed by atoms with Crippen molar-refractivity contribution in [1.82, 2.24) is 19.8 Å². The quantitative estimate of drug-likeness (QED) is 0.371. The van der Waals surface area contributed by atoms with Crippen molar-refractivity contribution in [1.29, 1.82) is 0 Å². The van der Waals surface area contributed by atoms with Gasteiger partial charge in [0.15, 0.2) is 16.7 Å².